The van der Waals surface area contributed by atoms with Gasteiger partial charge in [0.1, 0.15) is 5.75 Å². The summed E-state index contributed by atoms with van der Waals surface area (Å²) in [5, 5.41) is 17.8. The molecule has 0 amide bonds. The molecule has 0 aromatic heterocycles. The molecule has 0 aliphatic rings. The molecule has 0 spiro atoms. The van der Waals surface area contributed by atoms with Crippen LogP contribution in [0.5, 0.6) is 5.75 Å². The molecule has 1 aromatic carbocycles. The zero-order valence-electron chi connectivity index (χ0n) is 8.01. The van der Waals surface area contributed by atoms with Crippen LogP contribution in [-0.2, 0) is 14.3 Å². The average molecular weight is 210 g/mol. The van der Waals surface area contributed by atoms with Crippen LogP contribution in [0.3, 0.4) is 0 Å². The topological polar surface area (TPSA) is 83.8 Å². The number of carbonyl (C=O) groups is 2. The average Bonchev–Trinajstić information content (AvgIpc) is 2.15. The van der Waals surface area contributed by atoms with E-state index >= 15 is 0 Å². The van der Waals surface area contributed by atoms with Crippen LogP contribution in [0, 0.1) is 0 Å². The van der Waals surface area contributed by atoms with Crippen molar-refractivity contribution in [1.29, 1.82) is 0 Å². The number of carboxylic acid groups (broad SMARTS) is 1. The number of phenols is 1. The van der Waals surface area contributed by atoms with Gasteiger partial charge in [0.25, 0.3) is 0 Å². The first-order chi connectivity index (χ1) is 7.00. The summed E-state index contributed by atoms with van der Waals surface area (Å²) in [6.45, 7) is 1.14. The number of carbonyl (C=O) groups excluding carboxylic acids is 1. The molecular weight excluding hydrogens is 200 g/mol. The first-order valence-corrected chi connectivity index (χ1v) is 4.19. The van der Waals surface area contributed by atoms with Gasteiger partial charge in [0.15, 0.2) is 0 Å². The molecule has 0 saturated heterocycles. The van der Waals surface area contributed by atoms with Gasteiger partial charge in [0.2, 0.25) is 6.10 Å². The smallest absolute Gasteiger partial charge is 0.349 e. The third-order valence-corrected chi connectivity index (χ3v) is 1.70. The second-order valence-corrected chi connectivity index (χ2v) is 2.92. The van der Waals surface area contributed by atoms with Gasteiger partial charge in [0, 0.05) is 12.5 Å². The van der Waals surface area contributed by atoms with E-state index in [0.717, 1.165) is 6.92 Å². The molecule has 1 rings (SSSR count). The normalized spacial score (nSPS) is 11.8. The summed E-state index contributed by atoms with van der Waals surface area (Å²) in [7, 11) is 0. The minimum atomic E-state index is -1.33. The quantitative estimate of drug-likeness (QED) is 0.729. The predicted octanol–water partition coefficient (Wildman–Crippen LogP) is 1.08. The molecular formula is C10H10O5. The number of ether oxygens (including phenoxy) is 1. The molecule has 2 N–H and O–H groups in total. The highest BCUT2D eigenvalue weighted by atomic mass is 16.6. The van der Waals surface area contributed by atoms with Gasteiger partial charge in [-0.15, -0.1) is 0 Å². The highest BCUT2D eigenvalue weighted by Crippen LogP contribution is 2.20. The molecule has 0 aliphatic carbocycles. The highest BCUT2D eigenvalue weighted by Gasteiger charge is 2.22. The van der Waals surface area contributed by atoms with E-state index in [1.807, 2.05) is 0 Å². The third-order valence-electron chi connectivity index (χ3n) is 1.70. The Hall–Kier alpha value is -2.04. The number of hydrogen-bond acceptors (Lipinski definition) is 4. The largest absolute Gasteiger partial charge is 0.508 e. The minimum absolute atomic E-state index is 0.0192. The number of rotatable bonds is 3. The zero-order valence-corrected chi connectivity index (χ0v) is 8.01. The van der Waals surface area contributed by atoms with Crippen molar-refractivity contribution >= 4 is 11.9 Å². The number of aromatic hydroxyl groups is 1. The second-order valence-electron chi connectivity index (χ2n) is 2.92. The van der Waals surface area contributed by atoms with E-state index in [4.69, 9.17) is 10.2 Å². The van der Waals surface area contributed by atoms with Crippen LogP contribution in [-0.4, -0.2) is 22.2 Å². The van der Waals surface area contributed by atoms with Crippen molar-refractivity contribution in [3.8, 4) is 5.75 Å². The molecule has 0 fully saturated rings. The van der Waals surface area contributed by atoms with Gasteiger partial charge in [-0.25, -0.2) is 4.79 Å². The Labute approximate surface area is 85.9 Å². The van der Waals surface area contributed by atoms with E-state index < -0.39 is 18.0 Å². The minimum Gasteiger partial charge on any atom is -0.508 e. The van der Waals surface area contributed by atoms with Crippen LogP contribution in [0.25, 0.3) is 0 Å². The van der Waals surface area contributed by atoms with E-state index in [9.17, 15) is 9.59 Å². The lowest BCUT2D eigenvalue weighted by Crippen LogP contribution is -2.17. The van der Waals surface area contributed by atoms with Gasteiger partial charge in [-0.3, -0.25) is 4.79 Å². The van der Waals surface area contributed by atoms with Crippen molar-refractivity contribution in [2.75, 3.05) is 0 Å². The summed E-state index contributed by atoms with van der Waals surface area (Å²) in [5.41, 5.74) is 0.301. The van der Waals surface area contributed by atoms with Gasteiger partial charge in [-0.05, 0) is 12.1 Å². The first kappa shape index (κ1) is 11.0. The number of phenolic OH excluding ortho intramolecular Hbond substituents is 1. The van der Waals surface area contributed by atoms with E-state index in [1.54, 1.807) is 0 Å². The van der Waals surface area contributed by atoms with E-state index in [2.05, 4.69) is 4.74 Å². The van der Waals surface area contributed by atoms with E-state index in [-0.39, 0.29) is 5.75 Å². The van der Waals surface area contributed by atoms with Crippen LogP contribution < -0.4 is 0 Å². The van der Waals surface area contributed by atoms with Crippen LogP contribution >= 0.6 is 0 Å². The van der Waals surface area contributed by atoms with Crippen LogP contribution in [0.2, 0.25) is 0 Å². The van der Waals surface area contributed by atoms with Gasteiger partial charge in [0.05, 0.1) is 0 Å². The Morgan fingerprint density at radius 3 is 2.20 bits per heavy atom. The Morgan fingerprint density at radius 1 is 1.27 bits per heavy atom. The number of aliphatic carboxylic acids is 1. The summed E-state index contributed by atoms with van der Waals surface area (Å²) in [4.78, 5) is 21.4. The highest BCUT2D eigenvalue weighted by molar-refractivity contribution is 5.78. The molecule has 0 bridgehead atoms. The van der Waals surface area contributed by atoms with Gasteiger partial charge >= 0.3 is 11.9 Å². The van der Waals surface area contributed by atoms with Crippen molar-refractivity contribution in [3.63, 3.8) is 0 Å². The standard InChI is InChI=1S/C10H10O5/c1-6(11)15-9(10(13)14)7-2-4-8(12)5-3-7/h2-5,9,12H,1H3,(H,13,14). The number of carboxylic acids is 1. The molecule has 5 heteroatoms. The SMILES string of the molecule is CC(=O)OC(C(=O)O)c1ccc(O)cc1. The van der Waals surface area contributed by atoms with Gasteiger partial charge in [-0.2, -0.15) is 0 Å². The van der Waals surface area contributed by atoms with E-state index in [0.29, 0.717) is 5.56 Å². The molecule has 0 radical (unpaired) electrons. The Bertz CT molecular complexity index is 368. The maximum absolute atomic E-state index is 10.8. The molecule has 0 heterocycles. The summed E-state index contributed by atoms with van der Waals surface area (Å²) < 4.78 is 4.62. The summed E-state index contributed by atoms with van der Waals surface area (Å²) in [6.07, 6.45) is -1.33. The lowest BCUT2D eigenvalue weighted by molar-refractivity contribution is -0.163. The first-order valence-electron chi connectivity index (χ1n) is 4.19. The predicted molar refractivity (Wildman–Crippen MR) is 50.2 cm³/mol. The van der Waals surface area contributed by atoms with E-state index in [1.165, 1.54) is 24.3 Å². The molecule has 15 heavy (non-hydrogen) atoms. The molecule has 0 aliphatic heterocycles. The number of benzene rings is 1. The maximum Gasteiger partial charge on any atom is 0.349 e. The summed E-state index contributed by atoms with van der Waals surface area (Å²) >= 11 is 0. The van der Waals surface area contributed by atoms with Crippen LogP contribution in [0.1, 0.15) is 18.6 Å². The summed E-state index contributed by atoms with van der Waals surface area (Å²) in [6, 6.07) is 5.43. The van der Waals surface area contributed by atoms with Crippen LogP contribution in [0.4, 0.5) is 0 Å². The third kappa shape index (κ3) is 2.98. The molecule has 1 atom stereocenters. The van der Waals surface area contributed by atoms with Crippen LogP contribution in [0.15, 0.2) is 24.3 Å². The Kier molecular flexibility index (Phi) is 3.28. The zero-order chi connectivity index (χ0) is 11.4. The number of hydrogen-bond donors (Lipinski definition) is 2. The van der Waals surface area contributed by atoms with Crippen molar-refractivity contribution in [3.05, 3.63) is 29.8 Å². The van der Waals surface area contributed by atoms with Gasteiger partial charge < -0.3 is 14.9 Å². The second kappa shape index (κ2) is 4.45. The Morgan fingerprint density at radius 2 is 1.80 bits per heavy atom. The van der Waals surface area contributed by atoms with Gasteiger partial charge in [-0.1, -0.05) is 12.1 Å². The Balaban J connectivity index is 2.94. The lowest BCUT2D eigenvalue weighted by Gasteiger charge is -2.12. The molecule has 80 valence electrons. The van der Waals surface area contributed by atoms with Crippen molar-refractivity contribution in [1.82, 2.24) is 0 Å². The molecule has 1 unspecified atom stereocenters. The number of esters is 1. The monoisotopic (exact) mass is 210 g/mol. The molecule has 0 saturated carbocycles. The lowest BCUT2D eigenvalue weighted by atomic mass is 10.1. The maximum atomic E-state index is 10.8. The fraction of sp³-hybridized carbons (Fsp3) is 0.200. The molecule has 5 nitrogen and oxygen atoms in total. The molecule has 1 aromatic rings. The fourth-order valence-corrected chi connectivity index (χ4v) is 1.08. The summed E-state index contributed by atoms with van der Waals surface area (Å²) in [5.74, 6) is -1.91. The van der Waals surface area contributed by atoms with Crippen molar-refractivity contribution in [2.24, 2.45) is 0 Å². The fourth-order valence-electron chi connectivity index (χ4n) is 1.08. The van der Waals surface area contributed by atoms with Crippen molar-refractivity contribution in [2.45, 2.75) is 13.0 Å². The van der Waals surface area contributed by atoms with Crippen molar-refractivity contribution < 1.29 is 24.5 Å².